The highest BCUT2D eigenvalue weighted by Gasteiger charge is 2.39. The van der Waals surface area contributed by atoms with Gasteiger partial charge >= 0.3 is 0 Å². The Hall–Kier alpha value is -2.22. The predicted molar refractivity (Wildman–Crippen MR) is 114 cm³/mol. The van der Waals surface area contributed by atoms with Gasteiger partial charge in [-0.05, 0) is 73.9 Å². The lowest BCUT2D eigenvalue weighted by atomic mass is 9.92. The van der Waals surface area contributed by atoms with E-state index in [1.807, 2.05) is 24.3 Å². The molecule has 1 fully saturated rings. The smallest absolute Gasteiger partial charge is 0.245 e. The monoisotopic (exact) mass is 443 g/mol. The normalized spacial score (nSPS) is 19.7. The summed E-state index contributed by atoms with van der Waals surface area (Å²) in [6, 6.07) is 12.3. The molecule has 0 bridgehead atoms. The Bertz CT molecular complexity index is 1190. The Labute approximate surface area is 180 Å². The summed E-state index contributed by atoms with van der Waals surface area (Å²) in [7, 11) is -3.65. The van der Waals surface area contributed by atoms with E-state index in [-0.39, 0.29) is 0 Å². The number of aryl methyl sites for hydroxylation is 2. The lowest BCUT2D eigenvalue weighted by Crippen LogP contribution is -2.31. The quantitative estimate of drug-likeness (QED) is 0.579. The first-order valence-electron chi connectivity index (χ1n) is 10.3. The van der Waals surface area contributed by atoms with Gasteiger partial charge in [0.15, 0.2) is 0 Å². The van der Waals surface area contributed by atoms with E-state index in [1.165, 1.54) is 16.3 Å². The molecule has 0 unspecified atom stereocenters. The van der Waals surface area contributed by atoms with Crippen LogP contribution in [-0.4, -0.2) is 29.4 Å². The van der Waals surface area contributed by atoms with E-state index < -0.39 is 16.1 Å². The molecular weight excluding hydrogens is 422 g/mol. The average Bonchev–Trinajstić information content (AvgIpc) is 3.43. The molecule has 0 radical (unpaired) electrons. The van der Waals surface area contributed by atoms with Crippen molar-refractivity contribution in [3.8, 4) is 11.4 Å². The van der Waals surface area contributed by atoms with E-state index in [1.54, 1.807) is 18.2 Å². The zero-order valence-corrected chi connectivity index (χ0v) is 18.0. The van der Waals surface area contributed by atoms with Gasteiger partial charge in [-0.15, -0.1) is 0 Å². The molecule has 2 aliphatic rings. The van der Waals surface area contributed by atoms with Gasteiger partial charge in [-0.25, -0.2) is 8.42 Å². The molecule has 6 nitrogen and oxygen atoms in total. The third-order valence-electron chi connectivity index (χ3n) is 5.94. The first kappa shape index (κ1) is 19.7. The number of fused-ring (bicyclic) bond motifs is 1. The van der Waals surface area contributed by atoms with Gasteiger partial charge in [0.2, 0.25) is 21.7 Å². The van der Waals surface area contributed by atoms with E-state index in [0.29, 0.717) is 34.6 Å². The molecule has 1 aliphatic carbocycles. The zero-order chi connectivity index (χ0) is 20.7. The topological polar surface area (TPSA) is 76.3 Å². The highest BCUT2D eigenvalue weighted by molar-refractivity contribution is 7.89. The summed E-state index contributed by atoms with van der Waals surface area (Å²) in [5.74, 6) is 0.731. The second-order valence-electron chi connectivity index (χ2n) is 7.88. The zero-order valence-electron chi connectivity index (χ0n) is 16.4. The number of hydrogen-bond acceptors (Lipinski definition) is 5. The fraction of sp³-hybridized carbons (Fsp3) is 0.364. The SMILES string of the molecule is O=S(=O)(c1ccc2c(c1)CCCC2)N1CCC[C@@H]1c1nc(-c2cccc(Cl)c2)no1. The van der Waals surface area contributed by atoms with Gasteiger partial charge in [-0.3, -0.25) is 0 Å². The molecule has 0 saturated carbocycles. The molecule has 2 aromatic carbocycles. The highest BCUT2D eigenvalue weighted by Crippen LogP contribution is 2.37. The van der Waals surface area contributed by atoms with Gasteiger partial charge in [-0.2, -0.15) is 9.29 Å². The molecule has 8 heteroatoms. The van der Waals surface area contributed by atoms with Crippen LogP contribution in [0.4, 0.5) is 0 Å². The molecule has 1 atom stereocenters. The third kappa shape index (κ3) is 3.55. The fourth-order valence-electron chi connectivity index (χ4n) is 4.40. The van der Waals surface area contributed by atoms with Crippen LogP contribution < -0.4 is 0 Å². The molecule has 0 spiro atoms. The van der Waals surface area contributed by atoms with Crippen LogP contribution in [0.3, 0.4) is 0 Å². The van der Waals surface area contributed by atoms with Crippen LogP contribution in [0.25, 0.3) is 11.4 Å². The number of benzene rings is 2. The average molecular weight is 444 g/mol. The molecule has 0 amide bonds. The number of rotatable bonds is 4. The minimum atomic E-state index is -3.65. The van der Waals surface area contributed by atoms with Crippen molar-refractivity contribution in [2.75, 3.05) is 6.54 Å². The lowest BCUT2D eigenvalue weighted by Gasteiger charge is -2.23. The lowest BCUT2D eigenvalue weighted by molar-refractivity contribution is 0.290. The number of hydrogen-bond donors (Lipinski definition) is 0. The van der Waals surface area contributed by atoms with Crippen LogP contribution in [0.1, 0.15) is 48.7 Å². The standard InChI is InChI=1S/C22H22ClN3O3S/c23-18-8-3-7-17(13-18)21-24-22(29-25-21)20-9-4-12-26(20)30(27,28)19-11-10-15-5-1-2-6-16(15)14-19/h3,7-8,10-11,13-14,20H,1-2,4-6,9,12H2/t20-/m1/s1. The number of sulfonamides is 1. The molecule has 5 rings (SSSR count). The molecule has 1 saturated heterocycles. The van der Waals surface area contributed by atoms with Crippen molar-refractivity contribution in [3.05, 3.63) is 64.5 Å². The maximum Gasteiger partial charge on any atom is 0.245 e. The van der Waals surface area contributed by atoms with Crippen LogP contribution in [0.2, 0.25) is 5.02 Å². The van der Waals surface area contributed by atoms with E-state index in [0.717, 1.165) is 36.8 Å². The van der Waals surface area contributed by atoms with Crippen molar-refractivity contribution >= 4 is 21.6 Å². The predicted octanol–water partition coefficient (Wildman–Crippen LogP) is 4.79. The molecular formula is C22H22ClN3O3S. The summed E-state index contributed by atoms with van der Waals surface area (Å²) < 4.78 is 33.9. The number of nitrogens with zero attached hydrogens (tertiary/aromatic N) is 3. The second kappa shape index (κ2) is 7.80. The molecule has 1 aromatic heterocycles. The van der Waals surface area contributed by atoms with E-state index in [2.05, 4.69) is 10.1 Å². The maximum absolute atomic E-state index is 13.4. The number of aromatic nitrogens is 2. The van der Waals surface area contributed by atoms with Crippen molar-refractivity contribution in [3.63, 3.8) is 0 Å². The van der Waals surface area contributed by atoms with E-state index in [9.17, 15) is 8.42 Å². The Morgan fingerprint density at radius 3 is 2.70 bits per heavy atom. The summed E-state index contributed by atoms with van der Waals surface area (Å²) in [6.07, 6.45) is 5.65. The van der Waals surface area contributed by atoms with Crippen LogP contribution in [0.15, 0.2) is 51.9 Å². The van der Waals surface area contributed by atoms with Crippen LogP contribution in [-0.2, 0) is 22.9 Å². The van der Waals surface area contributed by atoms with Gasteiger partial charge in [0.25, 0.3) is 0 Å². The molecule has 30 heavy (non-hydrogen) atoms. The summed E-state index contributed by atoms with van der Waals surface area (Å²) in [4.78, 5) is 4.84. The Balaban J connectivity index is 1.45. The van der Waals surface area contributed by atoms with Crippen molar-refractivity contribution in [2.24, 2.45) is 0 Å². The van der Waals surface area contributed by atoms with Crippen LogP contribution in [0.5, 0.6) is 0 Å². The van der Waals surface area contributed by atoms with Crippen molar-refractivity contribution < 1.29 is 12.9 Å². The first-order valence-corrected chi connectivity index (χ1v) is 12.1. The van der Waals surface area contributed by atoms with Crippen molar-refractivity contribution in [1.29, 1.82) is 0 Å². The molecule has 156 valence electrons. The largest absolute Gasteiger partial charge is 0.337 e. The molecule has 2 heterocycles. The molecule has 1 aliphatic heterocycles. The summed E-state index contributed by atoms with van der Waals surface area (Å²) in [6.45, 7) is 0.443. The van der Waals surface area contributed by atoms with Gasteiger partial charge in [0, 0.05) is 17.1 Å². The summed E-state index contributed by atoms with van der Waals surface area (Å²) in [5, 5.41) is 4.63. The Kier molecular flexibility index (Phi) is 5.13. The van der Waals surface area contributed by atoms with Crippen molar-refractivity contribution in [1.82, 2.24) is 14.4 Å². The van der Waals surface area contributed by atoms with Gasteiger partial charge in [0.05, 0.1) is 4.90 Å². The Morgan fingerprint density at radius 2 is 1.87 bits per heavy atom. The maximum atomic E-state index is 13.4. The summed E-state index contributed by atoms with van der Waals surface area (Å²) >= 11 is 6.06. The Morgan fingerprint density at radius 1 is 1.03 bits per heavy atom. The third-order valence-corrected chi connectivity index (χ3v) is 8.08. The van der Waals surface area contributed by atoms with Gasteiger partial charge in [-0.1, -0.05) is 35.0 Å². The molecule has 0 N–H and O–H groups in total. The van der Waals surface area contributed by atoms with Crippen LogP contribution in [0, 0.1) is 0 Å². The van der Waals surface area contributed by atoms with Crippen molar-refractivity contribution in [2.45, 2.75) is 49.5 Å². The summed E-state index contributed by atoms with van der Waals surface area (Å²) in [5.41, 5.74) is 3.15. The van der Waals surface area contributed by atoms with Crippen LogP contribution >= 0.6 is 11.6 Å². The first-order chi connectivity index (χ1) is 14.5. The fourth-order valence-corrected chi connectivity index (χ4v) is 6.29. The minimum absolute atomic E-state index is 0.323. The minimum Gasteiger partial charge on any atom is -0.337 e. The van der Waals surface area contributed by atoms with E-state index >= 15 is 0 Å². The van der Waals surface area contributed by atoms with E-state index in [4.69, 9.17) is 16.1 Å². The highest BCUT2D eigenvalue weighted by atomic mass is 35.5. The number of halogens is 1. The van der Waals surface area contributed by atoms with Gasteiger partial charge < -0.3 is 4.52 Å². The molecule has 3 aromatic rings. The van der Waals surface area contributed by atoms with Gasteiger partial charge in [0.1, 0.15) is 6.04 Å². The second-order valence-corrected chi connectivity index (χ2v) is 10.2.